The number of methoxy groups -OCH3 is 3. The molecule has 0 saturated carbocycles. The van der Waals surface area contributed by atoms with Crippen molar-refractivity contribution in [1.82, 2.24) is 10.3 Å². The van der Waals surface area contributed by atoms with Crippen LogP contribution in [0.5, 0.6) is 23.0 Å². The number of amides is 3. The van der Waals surface area contributed by atoms with Crippen molar-refractivity contribution in [2.24, 2.45) is 0 Å². The number of nitrogens with one attached hydrogen (secondary N) is 3. The highest BCUT2D eigenvalue weighted by Gasteiger charge is 2.19. The Balaban J connectivity index is 1.28. The Morgan fingerprint density at radius 3 is 2.22 bits per heavy atom. The van der Waals surface area contributed by atoms with Gasteiger partial charge in [-0.05, 0) is 92.2 Å². The van der Waals surface area contributed by atoms with Gasteiger partial charge in [0.05, 0.1) is 43.4 Å². The average molecular weight is 713 g/mol. The molecule has 5 aromatic rings. The smallest absolute Gasteiger partial charge is 0.272 e. The van der Waals surface area contributed by atoms with Crippen molar-refractivity contribution in [2.45, 2.75) is 24.0 Å². The molecule has 3 N–H and O–H groups in total. The Hall–Kier alpha value is -5.53. The number of aromatic nitrogens is 1. The highest BCUT2D eigenvalue weighted by molar-refractivity contribution is 8.00. The maximum absolute atomic E-state index is 13.6. The van der Waals surface area contributed by atoms with Crippen molar-refractivity contribution >= 4 is 67.9 Å². The Labute approximate surface area is 298 Å². The molecule has 1 unspecified atom stereocenters. The van der Waals surface area contributed by atoms with Gasteiger partial charge < -0.3 is 34.9 Å². The lowest BCUT2D eigenvalue weighted by atomic mass is 10.1. The first-order chi connectivity index (χ1) is 24.2. The number of rotatable bonds is 14. The van der Waals surface area contributed by atoms with E-state index in [0.29, 0.717) is 45.8 Å². The molecule has 5 rings (SSSR count). The van der Waals surface area contributed by atoms with E-state index < -0.39 is 17.1 Å². The van der Waals surface area contributed by atoms with Gasteiger partial charge in [-0.1, -0.05) is 29.5 Å². The molecule has 0 fully saturated rings. The molecule has 258 valence electrons. The summed E-state index contributed by atoms with van der Waals surface area (Å²) in [6.45, 7) is 4.30. The number of thioether (sulfide) groups is 1. The highest BCUT2D eigenvalue weighted by atomic mass is 32.2. The molecule has 1 aromatic heterocycles. The molecule has 0 bridgehead atoms. The summed E-state index contributed by atoms with van der Waals surface area (Å²) in [5.41, 5.74) is 2.17. The predicted octanol–water partition coefficient (Wildman–Crippen LogP) is 7.25. The molecule has 13 heteroatoms. The van der Waals surface area contributed by atoms with Gasteiger partial charge in [-0.25, -0.2) is 4.98 Å². The standard InChI is InChI=1S/C37H36N4O7S2/c1-6-48-26-14-17-28-32(21-26)50-37(40-28)41-34(42)22(2)49-27-15-12-25(13-16-27)38-36(44)29(39-35(43)24-10-8-7-9-11-24)18-23-19-30(45-3)33(47-5)31(20-23)46-4/h7-22H,6H2,1-5H3,(H,38,44)(H,39,43)(H,40,41,42)/b29-18-. The zero-order chi connectivity index (χ0) is 35.6. The largest absolute Gasteiger partial charge is 0.494 e. The Morgan fingerprint density at radius 2 is 1.58 bits per heavy atom. The van der Waals surface area contributed by atoms with Crippen LogP contribution in [0.3, 0.4) is 0 Å². The number of nitrogens with zero attached hydrogens (tertiary/aromatic N) is 1. The van der Waals surface area contributed by atoms with Crippen molar-refractivity contribution in [1.29, 1.82) is 0 Å². The van der Waals surface area contributed by atoms with Gasteiger partial charge in [0.1, 0.15) is 11.4 Å². The molecule has 0 saturated heterocycles. The van der Waals surface area contributed by atoms with Crippen molar-refractivity contribution in [3.8, 4) is 23.0 Å². The van der Waals surface area contributed by atoms with Crippen LogP contribution in [0.4, 0.5) is 10.8 Å². The number of anilines is 2. The minimum atomic E-state index is -0.555. The summed E-state index contributed by atoms with van der Waals surface area (Å²) in [6.07, 6.45) is 1.52. The van der Waals surface area contributed by atoms with Crippen LogP contribution in [0, 0.1) is 0 Å². The zero-order valence-electron chi connectivity index (χ0n) is 28.1. The van der Waals surface area contributed by atoms with Crippen LogP contribution in [0.25, 0.3) is 16.3 Å². The van der Waals surface area contributed by atoms with Crippen LogP contribution in [0.15, 0.2) is 95.5 Å². The minimum Gasteiger partial charge on any atom is -0.494 e. The number of carbonyl (C=O) groups excluding carboxylic acids is 3. The van der Waals surface area contributed by atoms with E-state index in [4.69, 9.17) is 18.9 Å². The lowest BCUT2D eigenvalue weighted by Gasteiger charge is -2.15. The van der Waals surface area contributed by atoms with Gasteiger partial charge in [0.25, 0.3) is 11.8 Å². The number of hydrogen-bond donors (Lipinski definition) is 3. The molecule has 0 aliphatic rings. The molecule has 0 aliphatic carbocycles. The van der Waals surface area contributed by atoms with Crippen LogP contribution in [0.1, 0.15) is 29.8 Å². The summed E-state index contributed by atoms with van der Waals surface area (Å²) >= 11 is 2.75. The second kappa shape index (κ2) is 16.7. The number of fused-ring (bicyclic) bond motifs is 1. The molecule has 3 amide bonds. The third-order valence-corrected chi connectivity index (χ3v) is 9.27. The zero-order valence-corrected chi connectivity index (χ0v) is 29.7. The molecule has 0 aliphatic heterocycles. The first-order valence-corrected chi connectivity index (χ1v) is 17.2. The molecule has 1 heterocycles. The van der Waals surface area contributed by atoms with E-state index in [9.17, 15) is 14.4 Å². The van der Waals surface area contributed by atoms with Gasteiger partial charge in [-0.2, -0.15) is 0 Å². The van der Waals surface area contributed by atoms with E-state index in [-0.39, 0.29) is 11.6 Å². The Kier molecular flexibility index (Phi) is 12.0. The van der Waals surface area contributed by atoms with E-state index in [1.807, 2.05) is 44.2 Å². The van der Waals surface area contributed by atoms with Crippen LogP contribution in [-0.4, -0.2) is 55.9 Å². The third-order valence-electron chi connectivity index (χ3n) is 7.22. The molecule has 0 spiro atoms. The fourth-order valence-electron chi connectivity index (χ4n) is 4.79. The maximum Gasteiger partial charge on any atom is 0.272 e. The van der Waals surface area contributed by atoms with Gasteiger partial charge >= 0.3 is 0 Å². The summed E-state index contributed by atoms with van der Waals surface area (Å²) in [5.74, 6) is 0.725. The summed E-state index contributed by atoms with van der Waals surface area (Å²) in [6, 6.07) is 24.6. The van der Waals surface area contributed by atoms with Crippen molar-refractivity contribution in [3.05, 3.63) is 102 Å². The SMILES string of the molecule is CCOc1ccc2nc(NC(=O)C(C)Sc3ccc(NC(=O)/C(=C/c4cc(OC)c(OC)c(OC)c4)NC(=O)c4ccccc4)cc3)sc2c1. The van der Waals surface area contributed by atoms with Crippen LogP contribution in [-0.2, 0) is 9.59 Å². The van der Waals surface area contributed by atoms with Gasteiger partial charge in [0, 0.05) is 16.1 Å². The highest BCUT2D eigenvalue weighted by Crippen LogP contribution is 2.39. The molecular weight excluding hydrogens is 677 g/mol. The number of carbonyl (C=O) groups is 3. The number of thiazole rings is 1. The van der Waals surface area contributed by atoms with Crippen molar-refractivity contribution < 1.29 is 33.3 Å². The van der Waals surface area contributed by atoms with Gasteiger partial charge in [0.15, 0.2) is 16.6 Å². The van der Waals surface area contributed by atoms with E-state index in [2.05, 4.69) is 20.9 Å². The van der Waals surface area contributed by atoms with Crippen molar-refractivity contribution in [2.75, 3.05) is 38.6 Å². The van der Waals surface area contributed by atoms with Crippen molar-refractivity contribution in [3.63, 3.8) is 0 Å². The maximum atomic E-state index is 13.6. The van der Waals surface area contributed by atoms with Gasteiger partial charge in [-0.15, -0.1) is 11.8 Å². The van der Waals surface area contributed by atoms with E-state index >= 15 is 0 Å². The molecular formula is C37H36N4O7S2. The Morgan fingerprint density at radius 1 is 0.880 bits per heavy atom. The fourth-order valence-corrected chi connectivity index (χ4v) is 6.55. The summed E-state index contributed by atoms with van der Waals surface area (Å²) < 4.78 is 22.8. The normalized spacial score (nSPS) is 11.7. The average Bonchev–Trinajstić information content (AvgIpc) is 3.53. The quantitative estimate of drug-likeness (QED) is 0.0803. The first kappa shape index (κ1) is 35.8. The first-order valence-electron chi connectivity index (χ1n) is 15.5. The summed E-state index contributed by atoms with van der Waals surface area (Å²) in [4.78, 5) is 45.0. The molecule has 11 nitrogen and oxygen atoms in total. The number of hydrogen-bond acceptors (Lipinski definition) is 10. The van der Waals surface area contributed by atoms with Crippen LogP contribution < -0.4 is 34.9 Å². The fraction of sp³-hybridized carbons (Fsp3) is 0.189. The number of ether oxygens (including phenoxy) is 4. The molecule has 0 radical (unpaired) electrons. The van der Waals surface area contributed by atoms with Crippen LogP contribution >= 0.6 is 23.1 Å². The lowest BCUT2D eigenvalue weighted by Crippen LogP contribution is -2.30. The second-order valence-electron chi connectivity index (χ2n) is 10.6. The lowest BCUT2D eigenvalue weighted by molar-refractivity contribution is -0.115. The molecule has 50 heavy (non-hydrogen) atoms. The molecule has 4 aromatic carbocycles. The molecule has 1 atom stereocenters. The third kappa shape index (κ3) is 8.92. The topological polar surface area (TPSA) is 137 Å². The summed E-state index contributed by atoms with van der Waals surface area (Å²) in [5, 5.41) is 8.57. The van der Waals surface area contributed by atoms with Gasteiger partial charge in [0.2, 0.25) is 11.7 Å². The summed E-state index contributed by atoms with van der Waals surface area (Å²) in [7, 11) is 4.48. The second-order valence-corrected chi connectivity index (χ2v) is 13.1. The number of benzene rings is 4. The van der Waals surface area contributed by atoms with E-state index in [0.717, 1.165) is 20.9 Å². The van der Waals surface area contributed by atoms with E-state index in [1.54, 1.807) is 54.6 Å². The van der Waals surface area contributed by atoms with Gasteiger partial charge in [-0.3, -0.25) is 14.4 Å². The predicted molar refractivity (Wildman–Crippen MR) is 198 cm³/mol. The minimum absolute atomic E-state index is 0.0131. The van der Waals surface area contributed by atoms with E-state index in [1.165, 1.54) is 50.5 Å². The van der Waals surface area contributed by atoms with Crippen LogP contribution in [0.2, 0.25) is 0 Å². The monoisotopic (exact) mass is 712 g/mol. The Bertz CT molecular complexity index is 1990.